The van der Waals surface area contributed by atoms with E-state index in [2.05, 4.69) is 9.97 Å². The predicted octanol–water partition coefficient (Wildman–Crippen LogP) is 3.66. The third kappa shape index (κ3) is 2.81. The lowest BCUT2D eigenvalue weighted by molar-refractivity contribution is 0.179. The molecular weight excluding hydrogens is 217 g/mol. The fourth-order valence-corrected chi connectivity index (χ4v) is 1.42. The highest BCUT2D eigenvalue weighted by atomic mass is 19.1. The Labute approximate surface area is 102 Å². The van der Waals surface area contributed by atoms with Crippen LogP contribution >= 0.6 is 0 Å². The largest absolute Gasteiger partial charge is 0.291 e. The van der Waals surface area contributed by atoms with Gasteiger partial charge in [-0.15, -0.1) is 0 Å². The van der Waals surface area contributed by atoms with Crippen molar-refractivity contribution < 1.29 is 4.39 Å². The molecule has 0 saturated carbocycles. The number of hydrogen-bond donors (Lipinski definition) is 0. The van der Waals surface area contributed by atoms with Gasteiger partial charge in [0.2, 0.25) is 5.78 Å². The molecule has 0 bridgehead atoms. The first-order chi connectivity index (χ1) is 8.03. The minimum Gasteiger partial charge on any atom is -0.291 e. The van der Waals surface area contributed by atoms with E-state index in [1.54, 1.807) is 23.7 Å². The lowest BCUT2D eigenvalue weighted by Gasteiger charge is -2.13. The van der Waals surface area contributed by atoms with Crippen molar-refractivity contribution in [2.24, 2.45) is 0 Å². The highest BCUT2D eigenvalue weighted by Crippen LogP contribution is 2.27. The summed E-state index contributed by atoms with van der Waals surface area (Å²) in [6.45, 7) is 9.30. The van der Waals surface area contributed by atoms with Crippen molar-refractivity contribution in [1.29, 1.82) is 0 Å². The highest BCUT2D eigenvalue weighted by molar-refractivity contribution is 5.33. The molecule has 0 aliphatic rings. The van der Waals surface area contributed by atoms with E-state index in [0.29, 0.717) is 17.9 Å². The van der Waals surface area contributed by atoms with Gasteiger partial charge in [0.1, 0.15) is 0 Å². The maximum Gasteiger partial charge on any atom is 0.234 e. The zero-order chi connectivity index (χ0) is 13.1. The molecule has 1 atom stereocenters. The zero-order valence-electron chi connectivity index (χ0n) is 11.2. The van der Waals surface area contributed by atoms with Crippen LogP contribution < -0.4 is 0 Å². The number of halogens is 1. The Morgan fingerprint density at radius 1 is 1.35 bits per heavy atom. The molecule has 2 rings (SSSR count). The van der Waals surface area contributed by atoms with Gasteiger partial charge in [0.05, 0.1) is 5.69 Å². The van der Waals surface area contributed by atoms with E-state index >= 15 is 0 Å². The second kappa shape index (κ2) is 5.25. The predicted molar refractivity (Wildman–Crippen MR) is 67.8 cm³/mol. The molecule has 0 amide bonds. The number of aromatic nitrogens is 3. The van der Waals surface area contributed by atoms with Crippen LogP contribution in [0, 0.1) is 6.92 Å². The second-order valence-corrected chi connectivity index (χ2v) is 4.02. The summed E-state index contributed by atoms with van der Waals surface area (Å²) >= 11 is 0. The van der Waals surface area contributed by atoms with Crippen LogP contribution in [0.25, 0.3) is 5.78 Å². The van der Waals surface area contributed by atoms with E-state index in [4.69, 9.17) is 0 Å². The Bertz CT molecular complexity index is 488. The van der Waals surface area contributed by atoms with Crippen LogP contribution in [-0.4, -0.2) is 14.4 Å². The van der Waals surface area contributed by atoms with Crippen molar-refractivity contribution in [1.82, 2.24) is 14.4 Å². The second-order valence-electron chi connectivity index (χ2n) is 4.02. The number of nitrogens with zero attached hydrogens (tertiary/aromatic N) is 3. The molecule has 17 heavy (non-hydrogen) atoms. The third-order valence-corrected chi connectivity index (χ3v) is 2.64. The number of fused-ring (bicyclic) bond motifs is 1. The molecule has 2 heterocycles. The van der Waals surface area contributed by atoms with Gasteiger partial charge in [-0.25, -0.2) is 14.4 Å². The minimum atomic E-state index is -1.37. The van der Waals surface area contributed by atoms with Crippen LogP contribution in [0.3, 0.4) is 0 Å². The van der Waals surface area contributed by atoms with Gasteiger partial charge in [-0.1, -0.05) is 20.8 Å². The summed E-state index contributed by atoms with van der Waals surface area (Å²) in [5.74, 6) is 0.549. The summed E-state index contributed by atoms with van der Waals surface area (Å²) in [7, 11) is 0. The van der Waals surface area contributed by atoms with Crippen molar-refractivity contribution in [3.8, 4) is 0 Å². The van der Waals surface area contributed by atoms with Gasteiger partial charge in [-0.2, -0.15) is 0 Å². The van der Waals surface area contributed by atoms with Gasteiger partial charge in [-0.05, 0) is 25.8 Å². The third-order valence-electron chi connectivity index (χ3n) is 2.64. The average molecular weight is 237 g/mol. The van der Waals surface area contributed by atoms with Gasteiger partial charge in [0.15, 0.2) is 5.67 Å². The molecule has 4 heteroatoms. The summed E-state index contributed by atoms with van der Waals surface area (Å²) in [6.07, 6.45) is 5.74. The van der Waals surface area contributed by atoms with Crippen molar-refractivity contribution >= 4 is 5.78 Å². The number of imidazole rings is 1. The summed E-state index contributed by atoms with van der Waals surface area (Å²) in [5, 5.41) is 0. The fraction of sp³-hybridized carbons (Fsp3) is 0.538. The molecule has 0 radical (unpaired) electrons. The van der Waals surface area contributed by atoms with Crippen LogP contribution in [0.1, 0.15) is 45.4 Å². The van der Waals surface area contributed by atoms with E-state index in [-0.39, 0.29) is 0 Å². The first kappa shape index (κ1) is 13.6. The number of alkyl halides is 1. The minimum absolute atomic E-state index is 0.413. The van der Waals surface area contributed by atoms with Gasteiger partial charge in [0.25, 0.3) is 0 Å². The Kier molecular flexibility index (Phi) is 4.21. The first-order valence-electron chi connectivity index (χ1n) is 6.03. The van der Waals surface area contributed by atoms with Crippen molar-refractivity contribution in [2.75, 3.05) is 0 Å². The molecule has 3 nitrogen and oxygen atoms in total. The molecular formula is C13H20FN3. The molecule has 0 aliphatic heterocycles. The lowest BCUT2D eigenvalue weighted by Crippen LogP contribution is -2.13. The van der Waals surface area contributed by atoms with E-state index in [1.807, 2.05) is 33.9 Å². The van der Waals surface area contributed by atoms with Crippen molar-refractivity contribution in [2.45, 2.75) is 46.7 Å². The number of hydrogen-bond acceptors (Lipinski definition) is 2. The standard InChI is InChI=1S/C11H14FN3.C2H6/c1-4-11(3,12)9-7-15-6-8(2)5-13-10(15)14-9;1-2/h5-7H,4H2,1-3H3;1-2H3. The first-order valence-corrected chi connectivity index (χ1v) is 6.03. The smallest absolute Gasteiger partial charge is 0.234 e. The lowest BCUT2D eigenvalue weighted by atomic mass is 10.0. The van der Waals surface area contributed by atoms with Crippen LogP contribution in [0.2, 0.25) is 0 Å². The summed E-state index contributed by atoms with van der Waals surface area (Å²) in [6, 6.07) is 0. The summed E-state index contributed by atoms with van der Waals surface area (Å²) in [4.78, 5) is 8.31. The van der Waals surface area contributed by atoms with Gasteiger partial charge >= 0.3 is 0 Å². The van der Waals surface area contributed by atoms with Crippen LogP contribution in [0.15, 0.2) is 18.6 Å². The molecule has 0 fully saturated rings. The van der Waals surface area contributed by atoms with E-state index in [9.17, 15) is 4.39 Å². The SMILES string of the molecule is CC.CCC(C)(F)c1cn2cc(C)cnc2n1. The summed E-state index contributed by atoms with van der Waals surface area (Å²) in [5.41, 5.74) is 0.105. The molecule has 0 saturated heterocycles. The van der Waals surface area contributed by atoms with Crippen LogP contribution in [0.4, 0.5) is 4.39 Å². The zero-order valence-corrected chi connectivity index (χ0v) is 11.2. The Morgan fingerprint density at radius 2 is 2.00 bits per heavy atom. The van der Waals surface area contributed by atoms with Gasteiger partial charge in [0, 0.05) is 18.6 Å². The Balaban J connectivity index is 0.000000686. The van der Waals surface area contributed by atoms with E-state index < -0.39 is 5.67 Å². The average Bonchev–Trinajstić information content (AvgIpc) is 2.75. The fourth-order valence-electron chi connectivity index (χ4n) is 1.42. The Morgan fingerprint density at radius 3 is 2.59 bits per heavy atom. The molecule has 0 aliphatic carbocycles. The maximum atomic E-state index is 14.0. The summed E-state index contributed by atoms with van der Waals surface area (Å²) < 4.78 is 15.7. The normalized spacial score (nSPS) is 14.0. The van der Waals surface area contributed by atoms with Crippen LogP contribution in [-0.2, 0) is 5.67 Å². The van der Waals surface area contributed by atoms with Crippen molar-refractivity contribution in [3.63, 3.8) is 0 Å². The van der Waals surface area contributed by atoms with E-state index in [0.717, 1.165) is 5.56 Å². The molecule has 0 aromatic carbocycles. The van der Waals surface area contributed by atoms with E-state index in [1.165, 1.54) is 0 Å². The molecule has 2 aromatic rings. The quantitative estimate of drug-likeness (QED) is 0.798. The van der Waals surface area contributed by atoms with Crippen LogP contribution in [0.5, 0.6) is 0 Å². The topological polar surface area (TPSA) is 30.2 Å². The Hall–Kier alpha value is -1.45. The number of rotatable bonds is 2. The molecule has 0 spiro atoms. The molecule has 1 unspecified atom stereocenters. The number of aryl methyl sites for hydroxylation is 1. The molecule has 94 valence electrons. The highest BCUT2D eigenvalue weighted by Gasteiger charge is 2.26. The molecule has 0 N–H and O–H groups in total. The monoisotopic (exact) mass is 237 g/mol. The van der Waals surface area contributed by atoms with Gasteiger partial charge in [-0.3, -0.25) is 4.40 Å². The van der Waals surface area contributed by atoms with Gasteiger partial charge < -0.3 is 0 Å². The molecule has 2 aromatic heterocycles. The van der Waals surface area contributed by atoms with Crippen molar-refractivity contribution in [3.05, 3.63) is 29.8 Å². The maximum absolute atomic E-state index is 14.0.